The zero-order chi connectivity index (χ0) is 37.9. The average Bonchev–Trinajstić information content (AvgIpc) is 3.90. The Labute approximate surface area is 298 Å². The summed E-state index contributed by atoms with van der Waals surface area (Å²) in [5, 5.41) is 2.05. The normalized spacial score (nSPS) is 26.5. The van der Waals surface area contributed by atoms with Gasteiger partial charge in [-0.15, -0.1) is 6.58 Å². The highest BCUT2D eigenvalue weighted by molar-refractivity contribution is 7.91. The first-order valence-electron chi connectivity index (χ1n) is 17.3. The number of benzene rings is 1. The number of carbonyl (C=O) groups excluding carboxylic acids is 5. The molecule has 0 spiro atoms. The lowest BCUT2D eigenvalue weighted by molar-refractivity contribution is -0.161. The first-order valence-corrected chi connectivity index (χ1v) is 18.8. The van der Waals surface area contributed by atoms with Crippen LogP contribution in [0.2, 0.25) is 0 Å². The molecule has 1 aromatic carbocycles. The Bertz CT molecular complexity index is 1750. The maximum Gasteiger partial charge on any atom is 0.410 e. The molecule has 3 fully saturated rings. The smallest absolute Gasteiger partial charge is 0.410 e. The van der Waals surface area contributed by atoms with Gasteiger partial charge in [0.15, 0.2) is 0 Å². The summed E-state index contributed by atoms with van der Waals surface area (Å²) >= 11 is 0. The van der Waals surface area contributed by atoms with Gasteiger partial charge in [-0.05, 0) is 64.0 Å². The van der Waals surface area contributed by atoms with Crippen LogP contribution in [0.3, 0.4) is 0 Å². The summed E-state index contributed by atoms with van der Waals surface area (Å²) in [6, 6.07) is 3.31. The molecular formula is C36H49FN4O9S. The Balaban J connectivity index is 1.41. The van der Waals surface area contributed by atoms with E-state index in [-0.39, 0.29) is 38.9 Å². The van der Waals surface area contributed by atoms with Crippen molar-refractivity contribution in [2.45, 2.75) is 122 Å². The second kappa shape index (κ2) is 13.2. The number of nitrogens with zero attached hydrogens (tertiary/aromatic N) is 2. The van der Waals surface area contributed by atoms with E-state index in [2.05, 4.69) is 16.6 Å². The van der Waals surface area contributed by atoms with Gasteiger partial charge in [-0.25, -0.2) is 17.6 Å². The first kappa shape index (κ1) is 38.2. The molecule has 1 saturated heterocycles. The van der Waals surface area contributed by atoms with E-state index in [0.717, 1.165) is 0 Å². The van der Waals surface area contributed by atoms with Crippen LogP contribution in [0.1, 0.15) is 91.7 Å². The van der Waals surface area contributed by atoms with Crippen LogP contribution in [0.4, 0.5) is 9.18 Å². The van der Waals surface area contributed by atoms with Crippen molar-refractivity contribution in [3.63, 3.8) is 0 Å². The molecule has 0 aromatic heterocycles. The molecule has 1 aromatic rings. The van der Waals surface area contributed by atoms with E-state index in [0.29, 0.717) is 24.0 Å². The van der Waals surface area contributed by atoms with Crippen LogP contribution in [0.15, 0.2) is 30.9 Å². The zero-order valence-electron chi connectivity index (χ0n) is 30.3. The van der Waals surface area contributed by atoms with Crippen molar-refractivity contribution in [2.24, 2.45) is 17.3 Å². The number of nitrogens with one attached hydrogen (secondary N) is 2. The lowest BCUT2D eigenvalue weighted by Gasteiger charge is -2.35. The summed E-state index contributed by atoms with van der Waals surface area (Å²) in [6.07, 6.45) is 1.18. The summed E-state index contributed by atoms with van der Waals surface area (Å²) in [6.45, 7) is 15.7. The van der Waals surface area contributed by atoms with Gasteiger partial charge in [-0.1, -0.05) is 39.0 Å². The van der Waals surface area contributed by atoms with E-state index in [1.807, 2.05) is 0 Å². The van der Waals surface area contributed by atoms with Gasteiger partial charge in [0.2, 0.25) is 21.8 Å². The van der Waals surface area contributed by atoms with Crippen molar-refractivity contribution in [1.29, 1.82) is 0 Å². The van der Waals surface area contributed by atoms with E-state index >= 15 is 0 Å². The molecule has 4 amide bonds. The van der Waals surface area contributed by atoms with E-state index < -0.39 is 90.9 Å². The molecule has 280 valence electrons. The number of ether oxygens (including phenoxy) is 2. The number of hydrogen-bond donors (Lipinski definition) is 2. The fraction of sp³-hybridized carbons (Fsp3) is 0.639. The van der Waals surface area contributed by atoms with E-state index in [4.69, 9.17) is 9.47 Å². The molecule has 2 N–H and O–H groups in total. The first-order chi connectivity index (χ1) is 23.5. The van der Waals surface area contributed by atoms with Gasteiger partial charge >= 0.3 is 12.1 Å². The highest BCUT2D eigenvalue weighted by Gasteiger charge is 2.62. The number of fused-ring (bicyclic) bond motifs is 1. The Hall–Kier alpha value is -4.01. The number of likely N-dealkylation sites (tertiary alicyclic amines) is 1. The second-order valence-electron chi connectivity index (χ2n) is 16.6. The van der Waals surface area contributed by atoms with Gasteiger partial charge in [-0.2, -0.15) is 0 Å². The third-order valence-corrected chi connectivity index (χ3v) is 11.8. The van der Waals surface area contributed by atoms with Crippen molar-refractivity contribution >= 4 is 39.8 Å². The van der Waals surface area contributed by atoms with Gasteiger partial charge in [0.25, 0.3) is 5.91 Å². The van der Waals surface area contributed by atoms with Crippen molar-refractivity contribution in [1.82, 2.24) is 19.8 Å². The average molecular weight is 733 g/mol. The topological polar surface area (TPSA) is 168 Å². The SMILES string of the molecule is C=C[C@@H]1C[C@]1(NC(=O)[C@@H]1C[C@@](C)(OC(=O)N2Cc3cccc(F)c3C2)CN1C(=O)[C@@H](CC(=O)OC(C)(C)C)C(C)(C)C)C(=O)NS(=O)(=O)C1CC1. The molecule has 2 heterocycles. The fourth-order valence-electron chi connectivity index (χ4n) is 6.91. The summed E-state index contributed by atoms with van der Waals surface area (Å²) < 4.78 is 53.4. The molecule has 51 heavy (non-hydrogen) atoms. The lowest BCUT2D eigenvalue weighted by Crippen LogP contribution is -2.57. The Morgan fingerprint density at radius 1 is 1.08 bits per heavy atom. The lowest BCUT2D eigenvalue weighted by atomic mass is 9.77. The highest BCUT2D eigenvalue weighted by atomic mass is 32.2. The molecule has 0 radical (unpaired) electrons. The van der Waals surface area contributed by atoms with Gasteiger partial charge < -0.3 is 19.7 Å². The van der Waals surface area contributed by atoms with E-state index in [1.54, 1.807) is 60.6 Å². The van der Waals surface area contributed by atoms with Crippen LogP contribution in [0, 0.1) is 23.1 Å². The monoisotopic (exact) mass is 732 g/mol. The Morgan fingerprint density at radius 2 is 1.75 bits per heavy atom. The number of amides is 4. The predicted molar refractivity (Wildman–Crippen MR) is 183 cm³/mol. The fourth-order valence-corrected chi connectivity index (χ4v) is 8.28. The molecule has 2 aliphatic carbocycles. The molecular weight excluding hydrogens is 683 g/mol. The minimum atomic E-state index is -3.93. The molecule has 13 nitrogen and oxygen atoms in total. The number of carbonyl (C=O) groups is 5. The molecule has 2 aliphatic heterocycles. The van der Waals surface area contributed by atoms with Crippen molar-refractivity contribution < 1.29 is 46.3 Å². The maximum atomic E-state index is 14.5. The molecule has 4 aliphatic rings. The summed E-state index contributed by atoms with van der Waals surface area (Å²) in [7, 11) is -3.93. The van der Waals surface area contributed by atoms with Crippen LogP contribution in [0.5, 0.6) is 0 Å². The molecule has 5 rings (SSSR count). The minimum absolute atomic E-state index is 0.0181. The predicted octanol–water partition coefficient (Wildman–Crippen LogP) is 3.70. The maximum absolute atomic E-state index is 14.5. The van der Waals surface area contributed by atoms with Crippen LogP contribution in [0.25, 0.3) is 0 Å². The zero-order valence-corrected chi connectivity index (χ0v) is 31.2. The van der Waals surface area contributed by atoms with Gasteiger partial charge in [0.05, 0.1) is 30.7 Å². The summed E-state index contributed by atoms with van der Waals surface area (Å²) in [5.41, 5.74) is -3.60. The van der Waals surface area contributed by atoms with Crippen molar-refractivity contribution in [3.05, 3.63) is 47.8 Å². The molecule has 15 heteroatoms. The highest BCUT2D eigenvalue weighted by Crippen LogP contribution is 2.46. The third-order valence-electron chi connectivity index (χ3n) is 9.99. The van der Waals surface area contributed by atoms with Crippen LogP contribution in [-0.4, -0.2) is 82.6 Å². The minimum Gasteiger partial charge on any atom is -0.460 e. The number of sulfonamides is 1. The Morgan fingerprint density at radius 3 is 2.29 bits per heavy atom. The van der Waals surface area contributed by atoms with Crippen molar-refractivity contribution in [3.8, 4) is 0 Å². The second-order valence-corrected chi connectivity index (χ2v) is 18.6. The standard InChI is InChI=1S/C36H49FN4O9S/c1-9-22-16-36(22,31(45)39-51(47,48)23-13-14-23)38-29(43)27-17-35(8,50-32(46)40-18-21-11-10-12-26(37)24(21)19-40)20-41(27)30(44)25(33(2,3)4)15-28(42)49-34(5,6)7/h9-12,22-23,25,27H,1,13-20H2,2-8H3,(H,38,43)(H,39,45)/t22-,25-,27+,35-,36-/m1/s1. The van der Waals surface area contributed by atoms with E-state index in [1.165, 1.54) is 21.9 Å². The van der Waals surface area contributed by atoms with Crippen molar-refractivity contribution in [2.75, 3.05) is 6.54 Å². The number of halogens is 1. The summed E-state index contributed by atoms with van der Waals surface area (Å²) in [4.78, 5) is 71.3. The molecule has 2 saturated carbocycles. The quantitative estimate of drug-likeness (QED) is 0.269. The largest absolute Gasteiger partial charge is 0.460 e. The number of hydrogen-bond acceptors (Lipinski definition) is 9. The Kier molecular flexibility index (Phi) is 9.89. The number of esters is 1. The number of rotatable bonds is 10. The molecule has 0 unspecified atom stereocenters. The summed E-state index contributed by atoms with van der Waals surface area (Å²) in [5.74, 6) is -4.79. The van der Waals surface area contributed by atoms with Gasteiger partial charge in [0.1, 0.15) is 28.6 Å². The van der Waals surface area contributed by atoms with Crippen LogP contribution < -0.4 is 10.0 Å². The van der Waals surface area contributed by atoms with E-state index in [9.17, 15) is 36.8 Å². The van der Waals surface area contributed by atoms with Gasteiger partial charge in [-0.3, -0.25) is 28.8 Å². The third kappa shape index (κ3) is 8.23. The van der Waals surface area contributed by atoms with Crippen LogP contribution in [-0.2, 0) is 51.8 Å². The van der Waals surface area contributed by atoms with Gasteiger partial charge in [0, 0.05) is 24.4 Å². The molecule has 5 atom stereocenters. The molecule has 0 bridgehead atoms. The van der Waals surface area contributed by atoms with Crippen LogP contribution >= 0.6 is 0 Å².